The highest BCUT2D eigenvalue weighted by Crippen LogP contribution is 2.40. The number of nitrogens with zero attached hydrogens (tertiary/aromatic N) is 3. The Bertz CT molecular complexity index is 1110. The molecule has 1 saturated heterocycles. The molecule has 0 radical (unpaired) electrons. The van der Waals surface area contributed by atoms with Gasteiger partial charge < -0.3 is 20.0 Å². The summed E-state index contributed by atoms with van der Waals surface area (Å²) in [4.78, 5) is 20.6. The normalized spacial score (nSPS) is 19.1. The number of hydrogen-bond acceptors (Lipinski definition) is 5. The van der Waals surface area contributed by atoms with Gasteiger partial charge in [-0.15, -0.1) is 0 Å². The fourth-order valence-electron chi connectivity index (χ4n) is 4.13. The highest BCUT2D eigenvalue weighted by atomic mass is 127. The summed E-state index contributed by atoms with van der Waals surface area (Å²) >= 11 is 1.94. The van der Waals surface area contributed by atoms with Gasteiger partial charge in [0, 0.05) is 17.2 Å². The molecule has 2 atom stereocenters. The van der Waals surface area contributed by atoms with Crippen molar-refractivity contribution in [1.82, 2.24) is 4.98 Å². The van der Waals surface area contributed by atoms with E-state index in [0.29, 0.717) is 33.6 Å². The molecule has 0 unspecified atom stereocenters. The Morgan fingerprint density at radius 3 is 2.08 bits per heavy atom. The van der Waals surface area contributed by atoms with Crippen molar-refractivity contribution < 1.29 is 41.4 Å². The lowest BCUT2D eigenvalue weighted by molar-refractivity contribution is -0.143. The van der Waals surface area contributed by atoms with Crippen LogP contribution in [0.3, 0.4) is 0 Å². The molecule has 2 heterocycles. The van der Waals surface area contributed by atoms with Crippen molar-refractivity contribution in [2.24, 2.45) is 0 Å². The molecule has 1 aliphatic rings. The summed E-state index contributed by atoms with van der Waals surface area (Å²) in [6.07, 6.45) is -8.99. The summed E-state index contributed by atoms with van der Waals surface area (Å²) in [5, 5.41) is 19.5. The van der Waals surface area contributed by atoms with E-state index in [2.05, 4.69) is 4.98 Å². The smallest absolute Gasteiger partial charge is 0.394 e. The number of amides is 1. The number of aromatic nitrogens is 1. The van der Waals surface area contributed by atoms with E-state index in [1.165, 1.54) is 27.1 Å². The molecule has 0 bridgehead atoms. The van der Waals surface area contributed by atoms with Gasteiger partial charge in [-0.25, -0.2) is 4.98 Å². The number of aliphatic hydroxyl groups excluding tert-OH is 2. The zero-order valence-electron chi connectivity index (χ0n) is 19.5. The first-order valence-electron chi connectivity index (χ1n) is 10.8. The standard InChI is InChI=1S/C23H24F6IN3O3/c1-21(2,12-4-13(22(24,25)26)6-14(5-12)23(27,28)29)20(36)32(3)18-9-31-19(8-17(18)30)33-10-16(35)7-15(33)11-34/h4-6,8-9,15-16,34-35H,7,10-11H2,1-3H3/t15-,16+/m0/s1. The van der Waals surface area contributed by atoms with E-state index in [4.69, 9.17) is 0 Å². The van der Waals surface area contributed by atoms with Crippen LogP contribution in [-0.2, 0) is 22.6 Å². The number of carbonyl (C=O) groups is 1. The van der Waals surface area contributed by atoms with Crippen LogP contribution in [0.25, 0.3) is 0 Å². The molecule has 198 valence electrons. The largest absolute Gasteiger partial charge is 0.416 e. The van der Waals surface area contributed by atoms with Crippen LogP contribution in [-0.4, -0.2) is 53.4 Å². The monoisotopic (exact) mass is 631 g/mol. The van der Waals surface area contributed by atoms with Crippen molar-refractivity contribution in [3.63, 3.8) is 0 Å². The van der Waals surface area contributed by atoms with Crippen molar-refractivity contribution in [2.75, 3.05) is 30.0 Å². The molecule has 0 saturated carbocycles. The van der Waals surface area contributed by atoms with Crippen LogP contribution >= 0.6 is 22.6 Å². The average Bonchev–Trinajstić information content (AvgIpc) is 3.17. The van der Waals surface area contributed by atoms with E-state index in [1.54, 1.807) is 11.0 Å². The number of benzene rings is 1. The number of rotatable bonds is 5. The second kappa shape index (κ2) is 9.97. The van der Waals surface area contributed by atoms with Gasteiger partial charge in [-0.1, -0.05) is 0 Å². The molecule has 1 aromatic carbocycles. The summed E-state index contributed by atoms with van der Waals surface area (Å²) in [7, 11) is 1.36. The molecular formula is C23H24F6IN3O3. The second-order valence-electron chi connectivity index (χ2n) is 9.16. The summed E-state index contributed by atoms with van der Waals surface area (Å²) < 4.78 is 80.6. The van der Waals surface area contributed by atoms with E-state index in [-0.39, 0.29) is 25.3 Å². The number of halogens is 7. The van der Waals surface area contributed by atoms with Gasteiger partial charge in [0.2, 0.25) is 5.91 Å². The van der Waals surface area contributed by atoms with Gasteiger partial charge in [0.25, 0.3) is 0 Å². The molecule has 2 aromatic rings. The molecule has 0 aliphatic carbocycles. The summed E-state index contributed by atoms with van der Waals surface area (Å²) in [6.45, 7) is 2.58. The van der Waals surface area contributed by atoms with Crippen molar-refractivity contribution in [3.8, 4) is 0 Å². The average molecular weight is 631 g/mol. The molecule has 0 spiro atoms. The van der Waals surface area contributed by atoms with E-state index in [9.17, 15) is 41.4 Å². The predicted molar refractivity (Wildman–Crippen MR) is 129 cm³/mol. The minimum absolute atomic E-state index is 0.0221. The SMILES string of the molecule is CN(C(=O)C(C)(C)c1cc(C(F)(F)F)cc(C(F)(F)F)c1)c1cnc(N2C[C@H](O)C[C@H]2CO)cc1I. The topological polar surface area (TPSA) is 76.9 Å². The minimum Gasteiger partial charge on any atom is -0.394 e. The Morgan fingerprint density at radius 2 is 1.61 bits per heavy atom. The Hall–Kier alpha value is -2.13. The summed E-state index contributed by atoms with van der Waals surface area (Å²) in [5.41, 5.74) is -4.89. The van der Waals surface area contributed by atoms with Crippen LogP contribution in [0.2, 0.25) is 0 Å². The molecular weight excluding hydrogens is 607 g/mol. The molecule has 13 heteroatoms. The highest BCUT2D eigenvalue weighted by Gasteiger charge is 2.41. The molecule has 1 aromatic heterocycles. The van der Waals surface area contributed by atoms with Crippen molar-refractivity contribution >= 4 is 40.0 Å². The molecule has 1 fully saturated rings. The maximum absolute atomic E-state index is 13.4. The zero-order valence-corrected chi connectivity index (χ0v) is 21.6. The number of hydrogen-bond donors (Lipinski definition) is 2. The Labute approximate surface area is 217 Å². The van der Waals surface area contributed by atoms with Gasteiger partial charge in [0.1, 0.15) is 5.82 Å². The second-order valence-corrected chi connectivity index (χ2v) is 10.3. The lowest BCUT2D eigenvalue weighted by Crippen LogP contribution is -2.42. The van der Waals surface area contributed by atoms with E-state index in [0.717, 1.165) is 4.90 Å². The number of likely N-dealkylation sites (N-methyl/N-ethyl adjacent to an activating group) is 1. The van der Waals surface area contributed by atoms with Crippen LogP contribution in [0.15, 0.2) is 30.5 Å². The Balaban J connectivity index is 1.96. The maximum atomic E-state index is 13.4. The van der Waals surface area contributed by atoms with Crippen LogP contribution in [0.5, 0.6) is 0 Å². The lowest BCUT2D eigenvalue weighted by Gasteiger charge is -2.32. The fourth-order valence-corrected chi connectivity index (χ4v) is 4.91. The van der Waals surface area contributed by atoms with E-state index >= 15 is 0 Å². The van der Waals surface area contributed by atoms with E-state index in [1.807, 2.05) is 22.6 Å². The summed E-state index contributed by atoms with van der Waals surface area (Å²) in [5.74, 6) is -0.293. The van der Waals surface area contributed by atoms with Crippen molar-refractivity contribution in [1.29, 1.82) is 0 Å². The quantitative estimate of drug-likeness (QED) is 0.373. The van der Waals surface area contributed by atoms with Gasteiger partial charge >= 0.3 is 12.4 Å². The molecule has 2 N–H and O–H groups in total. The Morgan fingerprint density at radius 1 is 1.08 bits per heavy atom. The van der Waals surface area contributed by atoms with Crippen LogP contribution < -0.4 is 9.80 Å². The number of alkyl halides is 6. The highest BCUT2D eigenvalue weighted by molar-refractivity contribution is 14.1. The molecule has 3 rings (SSSR count). The predicted octanol–water partition coefficient (Wildman–Crippen LogP) is 4.60. The van der Waals surface area contributed by atoms with Crippen molar-refractivity contribution in [3.05, 3.63) is 50.7 Å². The Kier molecular flexibility index (Phi) is 7.88. The molecule has 6 nitrogen and oxygen atoms in total. The van der Waals surface area contributed by atoms with Gasteiger partial charge in [-0.3, -0.25) is 4.79 Å². The third-order valence-electron chi connectivity index (χ3n) is 6.23. The molecule has 36 heavy (non-hydrogen) atoms. The van der Waals surface area contributed by atoms with E-state index < -0.39 is 46.5 Å². The maximum Gasteiger partial charge on any atom is 0.416 e. The number of aliphatic hydroxyl groups is 2. The number of β-amino-alcohol motifs (C(OH)–C–C–N with tert-alkyl or cyclic N) is 1. The van der Waals surface area contributed by atoms with Crippen molar-refractivity contribution in [2.45, 2.75) is 50.2 Å². The molecule has 1 amide bonds. The number of pyridine rings is 1. The van der Waals surface area contributed by atoms with Gasteiger partial charge in [-0.2, -0.15) is 26.3 Å². The first kappa shape index (κ1) is 28.4. The third kappa shape index (κ3) is 5.72. The van der Waals surface area contributed by atoms with Crippen LogP contribution in [0.1, 0.15) is 37.0 Å². The number of carbonyl (C=O) groups excluding carboxylic acids is 1. The van der Waals surface area contributed by atoms with Crippen LogP contribution in [0.4, 0.5) is 37.8 Å². The van der Waals surface area contributed by atoms with Gasteiger partial charge in [0.15, 0.2) is 0 Å². The zero-order chi connectivity index (χ0) is 27.2. The first-order chi connectivity index (χ1) is 16.5. The third-order valence-corrected chi connectivity index (χ3v) is 7.09. The first-order valence-corrected chi connectivity index (χ1v) is 11.8. The molecule has 1 aliphatic heterocycles. The minimum atomic E-state index is -5.04. The van der Waals surface area contributed by atoms with Gasteiger partial charge in [-0.05, 0) is 72.7 Å². The van der Waals surface area contributed by atoms with Crippen LogP contribution in [0, 0.1) is 3.57 Å². The number of anilines is 2. The fraction of sp³-hybridized carbons (Fsp3) is 0.478. The summed E-state index contributed by atoms with van der Waals surface area (Å²) in [6, 6.07) is 2.42. The lowest BCUT2D eigenvalue weighted by atomic mass is 9.81. The van der Waals surface area contributed by atoms with Gasteiger partial charge in [0.05, 0.1) is 47.2 Å².